The topological polar surface area (TPSA) is 48.7 Å². The third-order valence-electron chi connectivity index (χ3n) is 5.55. The molecule has 29 heavy (non-hydrogen) atoms. The van der Waals surface area contributed by atoms with Crippen molar-refractivity contribution in [2.45, 2.75) is 90.9 Å². The third kappa shape index (κ3) is 7.75. The lowest BCUT2D eigenvalue weighted by Gasteiger charge is -2.06. The molecule has 0 aliphatic heterocycles. The maximum atomic E-state index is 11.8. The van der Waals surface area contributed by atoms with Crippen LogP contribution in [-0.2, 0) is 4.74 Å². The van der Waals surface area contributed by atoms with Crippen LogP contribution in [0.4, 0.5) is 0 Å². The van der Waals surface area contributed by atoms with E-state index in [1.165, 1.54) is 77.7 Å². The second-order valence-electron chi connectivity index (χ2n) is 7.94. The quantitative estimate of drug-likeness (QED) is 0.227. The van der Waals surface area contributed by atoms with Gasteiger partial charge in [-0.2, -0.15) is 0 Å². The van der Waals surface area contributed by atoms with Crippen molar-refractivity contribution in [1.29, 1.82) is 0 Å². The molecular weight excluding hydrogens is 364 g/mol. The number of fused-ring (bicyclic) bond motifs is 1. The zero-order valence-electron chi connectivity index (χ0n) is 18.6. The summed E-state index contributed by atoms with van der Waals surface area (Å²) in [4.78, 5) is 11.8. The Morgan fingerprint density at radius 3 is 2.07 bits per heavy atom. The standard InChI is InChI=1S/C25H38O4/c1-4-5-6-7-8-9-10-11-12-13-14-15-18-28-21-16-17-22-20(2)24(25(26)27-3)29-23(22)19-21/h16-17,19H,4-15,18H2,1-3H3. The van der Waals surface area contributed by atoms with E-state index in [4.69, 9.17) is 13.9 Å². The zero-order valence-corrected chi connectivity index (χ0v) is 18.6. The van der Waals surface area contributed by atoms with Crippen LogP contribution < -0.4 is 4.74 Å². The fourth-order valence-electron chi connectivity index (χ4n) is 3.72. The molecule has 1 heterocycles. The van der Waals surface area contributed by atoms with Crippen molar-refractivity contribution in [1.82, 2.24) is 0 Å². The van der Waals surface area contributed by atoms with Crippen LogP contribution in [0.3, 0.4) is 0 Å². The number of aryl methyl sites for hydroxylation is 1. The van der Waals surface area contributed by atoms with Crippen LogP contribution in [0, 0.1) is 6.92 Å². The van der Waals surface area contributed by atoms with E-state index >= 15 is 0 Å². The van der Waals surface area contributed by atoms with E-state index in [1.54, 1.807) is 0 Å². The van der Waals surface area contributed by atoms with E-state index in [1.807, 2.05) is 25.1 Å². The Labute approximate surface area is 176 Å². The molecule has 162 valence electrons. The second-order valence-corrected chi connectivity index (χ2v) is 7.94. The predicted octanol–water partition coefficient (Wildman–Crippen LogP) is 7.61. The van der Waals surface area contributed by atoms with Crippen molar-refractivity contribution in [2.75, 3.05) is 13.7 Å². The van der Waals surface area contributed by atoms with Crippen molar-refractivity contribution < 1.29 is 18.7 Å². The highest BCUT2D eigenvalue weighted by molar-refractivity contribution is 5.96. The first-order chi connectivity index (χ1) is 14.2. The van der Waals surface area contributed by atoms with Gasteiger partial charge in [-0.25, -0.2) is 4.79 Å². The number of esters is 1. The number of methoxy groups -OCH3 is 1. The first-order valence-electron chi connectivity index (χ1n) is 11.4. The first kappa shape index (κ1) is 23.3. The molecule has 4 nitrogen and oxygen atoms in total. The first-order valence-corrected chi connectivity index (χ1v) is 11.4. The SMILES string of the molecule is CCCCCCCCCCCCCCOc1ccc2c(C)c(C(=O)OC)oc2c1. The van der Waals surface area contributed by atoms with Crippen molar-refractivity contribution in [3.63, 3.8) is 0 Å². The molecule has 0 spiro atoms. The number of furan rings is 1. The summed E-state index contributed by atoms with van der Waals surface area (Å²) in [6, 6.07) is 5.74. The van der Waals surface area contributed by atoms with Crippen LogP contribution >= 0.6 is 0 Å². The summed E-state index contributed by atoms with van der Waals surface area (Å²) < 4.78 is 16.3. The molecule has 0 bridgehead atoms. The maximum absolute atomic E-state index is 11.8. The molecule has 0 saturated carbocycles. The van der Waals surface area contributed by atoms with Gasteiger partial charge in [0.2, 0.25) is 5.76 Å². The van der Waals surface area contributed by atoms with Gasteiger partial charge in [-0.05, 0) is 25.5 Å². The van der Waals surface area contributed by atoms with Crippen LogP contribution in [0.15, 0.2) is 22.6 Å². The Morgan fingerprint density at radius 1 is 0.897 bits per heavy atom. The average Bonchev–Trinajstić information content (AvgIpc) is 3.06. The molecule has 0 N–H and O–H groups in total. The molecule has 0 aliphatic carbocycles. The smallest absolute Gasteiger partial charge is 0.374 e. The Kier molecular flexibility index (Phi) is 10.7. The third-order valence-corrected chi connectivity index (χ3v) is 5.55. The van der Waals surface area contributed by atoms with Gasteiger partial charge >= 0.3 is 5.97 Å². The maximum Gasteiger partial charge on any atom is 0.374 e. The molecule has 0 aliphatic rings. The minimum atomic E-state index is -0.447. The predicted molar refractivity (Wildman–Crippen MR) is 119 cm³/mol. The Morgan fingerprint density at radius 2 is 1.48 bits per heavy atom. The lowest BCUT2D eigenvalue weighted by molar-refractivity contribution is 0.0566. The van der Waals surface area contributed by atoms with Crippen LogP contribution in [0.25, 0.3) is 11.0 Å². The summed E-state index contributed by atoms with van der Waals surface area (Å²) in [7, 11) is 1.36. The highest BCUT2D eigenvalue weighted by Crippen LogP contribution is 2.29. The van der Waals surface area contributed by atoms with E-state index in [2.05, 4.69) is 6.92 Å². The molecule has 0 atom stereocenters. The highest BCUT2D eigenvalue weighted by Gasteiger charge is 2.18. The van der Waals surface area contributed by atoms with Crippen LogP contribution in [0.1, 0.15) is 100 Å². The van der Waals surface area contributed by atoms with Crippen LogP contribution in [-0.4, -0.2) is 19.7 Å². The molecule has 0 amide bonds. The molecule has 0 radical (unpaired) electrons. The lowest BCUT2D eigenvalue weighted by Crippen LogP contribution is -2.00. The molecule has 1 aromatic carbocycles. The normalized spacial score (nSPS) is 11.1. The van der Waals surface area contributed by atoms with Gasteiger partial charge in [0.25, 0.3) is 0 Å². The average molecular weight is 403 g/mol. The summed E-state index contributed by atoms with van der Waals surface area (Å²) in [6.07, 6.45) is 16.0. The van der Waals surface area contributed by atoms with Gasteiger partial charge in [0.05, 0.1) is 13.7 Å². The molecule has 0 unspecified atom stereocenters. The summed E-state index contributed by atoms with van der Waals surface area (Å²) in [5.74, 6) is 0.601. The summed E-state index contributed by atoms with van der Waals surface area (Å²) in [6.45, 7) is 4.85. The van der Waals surface area contributed by atoms with Gasteiger partial charge in [0, 0.05) is 17.0 Å². The Balaban J connectivity index is 1.57. The van der Waals surface area contributed by atoms with E-state index in [9.17, 15) is 4.79 Å². The second kappa shape index (κ2) is 13.3. The molecule has 2 rings (SSSR count). The van der Waals surface area contributed by atoms with Gasteiger partial charge in [0.1, 0.15) is 11.3 Å². The van der Waals surface area contributed by atoms with Gasteiger partial charge < -0.3 is 13.9 Å². The molecule has 2 aromatic rings. The lowest BCUT2D eigenvalue weighted by atomic mass is 10.1. The molecule has 0 fully saturated rings. The number of unbranched alkanes of at least 4 members (excludes halogenated alkanes) is 11. The van der Waals surface area contributed by atoms with Gasteiger partial charge in [-0.15, -0.1) is 0 Å². The molecular formula is C25H38O4. The molecule has 0 saturated heterocycles. The number of hydrogen-bond acceptors (Lipinski definition) is 4. The summed E-state index contributed by atoms with van der Waals surface area (Å²) >= 11 is 0. The van der Waals surface area contributed by atoms with Crippen molar-refractivity contribution in [3.8, 4) is 5.75 Å². The van der Waals surface area contributed by atoms with Gasteiger partial charge in [-0.3, -0.25) is 0 Å². The minimum Gasteiger partial charge on any atom is -0.493 e. The Hall–Kier alpha value is -1.97. The number of benzene rings is 1. The van der Waals surface area contributed by atoms with Crippen molar-refractivity contribution >= 4 is 16.9 Å². The number of hydrogen-bond donors (Lipinski definition) is 0. The summed E-state index contributed by atoms with van der Waals surface area (Å²) in [5, 5.41) is 0.920. The van der Waals surface area contributed by atoms with Gasteiger partial charge in [-0.1, -0.05) is 77.6 Å². The summed E-state index contributed by atoms with van der Waals surface area (Å²) in [5.41, 5.74) is 1.47. The number of rotatable bonds is 15. The molecule has 1 aromatic heterocycles. The zero-order chi connectivity index (χ0) is 20.9. The highest BCUT2D eigenvalue weighted by atomic mass is 16.5. The van der Waals surface area contributed by atoms with E-state index in [0.29, 0.717) is 12.2 Å². The van der Waals surface area contributed by atoms with E-state index in [0.717, 1.165) is 23.1 Å². The van der Waals surface area contributed by atoms with E-state index < -0.39 is 5.97 Å². The number of ether oxygens (including phenoxy) is 2. The fraction of sp³-hybridized carbons (Fsp3) is 0.640. The fourth-order valence-corrected chi connectivity index (χ4v) is 3.72. The largest absolute Gasteiger partial charge is 0.493 e. The number of carbonyl (C=O) groups is 1. The van der Waals surface area contributed by atoms with E-state index in [-0.39, 0.29) is 5.76 Å². The van der Waals surface area contributed by atoms with Crippen molar-refractivity contribution in [2.24, 2.45) is 0 Å². The van der Waals surface area contributed by atoms with Gasteiger partial charge in [0.15, 0.2) is 0 Å². The molecule has 4 heteroatoms. The van der Waals surface area contributed by atoms with Crippen LogP contribution in [0.5, 0.6) is 5.75 Å². The number of carbonyl (C=O) groups excluding carboxylic acids is 1. The van der Waals surface area contributed by atoms with Crippen molar-refractivity contribution in [3.05, 3.63) is 29.5 Å². The van der Waals surface area contributed by atoms with Crippen LogP contribution in [0.2, 0.25) is 0 Å². The monoisotopic (exact) mass is 402 g/mol. The Bertz CT molecular complexity index is 732. The minimum absolute atomic E-state index is 0.264.